The number of Topliss-reactive ketones (excluding diaryl/α,β-unsaturated/α-hetero) is 1. The average Bonchev–Trinajstić information content (AvgIpc) is 3.44. The molecule has 9 atom stereocenters. The number of carbonyl (C=O) groups is 2. The molecule has 0 spiro atoms. The summed E-state index contributed by atoms with van der Waals surface area (Å²) in [4.78, 5) is 26.0. The van der Waals surface area contributed by atoms with Crippen LogP contribution in [0.2, 0.25) is 0 Å². The molecule has 186 valence electrons. The van der Waals surface area contributed by atoms with Crippen LogP contribution in [0, 0.1) is 34.5 Å². The molecule has 0 bridgehead atoms. The van der Waals surface area contributed by atoms with Gasteiger partial charge >= 0.3 is 0 Å². The van der Waals surface area contributed by atoms with E-state index in [0.29, 0.717) is 12.8 Å². The number of hydrogen-bond donors (Lipinski definition) is 2. The van der Waals surface area contributed by atoms with Crippen molar-refractivity contribution in [3.05, 3.63) is 23.8 Å². The van der Waals surface area contributed by atoms with E-state index in [9.17, 15) is 21.2 Å². The number of ketones is 2. The van der Waals surface area contributed by atoms with Crippen molar-refractivity contribution in [3.8, 4) is 0 Å². The van der Waals surface area contributed by atoms with Crippen molar-refractivity contribution >= 4 is 11.6 Å². The van der Waals surface area contributed by atoms with E-state index in [-0.39, 0.29) is 36.4 Å². The lowest BCUT2D eigenvalue weighted by Crippen LogP contribution is -2.63. The molecular weight excluding hydrogens is 432 g/mol. The van der Waals surface area contributed by atoms with E-state index >= 15 is 0 Å². The fraction of sp³-hybridized carbons (Fsp3) is 0.786. The topological polar surface area (TPSA) is 93.1 Å². The van der Waals surface area contributed by atoms with E-state index in [1.807, 2.05) is 6.92 Å². The summed E-state index contributed by atoms with van der Waals surface area (Å²) < 4.78 is 106. The van der Waals surface area contributed by atoms with E-state index < -0.39 is 85.1 Å². The Balaban J connectivity index is 1.46. The zero-order valence-corrected chi connectivity index (χ0v) is 19.3. The summed E-state index contributed by atoms with van der Waals surface area (Å²) in [5.41, 5.74) is -3.21. The van der Waals surface area contributed by atoms with Gasteiger partial charge in [0, 0.05) is 37.7 Å². The Hall–Kier alpha value is -1.34. The van der Waals surface area contributed by atoms with Gasteiger partial charge in [0.05, 0.1) is 12.2 Å². The number of hydrogen-bond acceptors (Lipinski definition) is 6. The third-order valence-corrected chi connectivity index (χ3v) is 9.55. The molecule has 0 aromatic rings. The van der Waals surface area contributed by atoms with Crippen LogP contribution < -0.4 is 0 Å². The molecule has 6 rings (SSSR count). The normalized spacial score (nSPS) is 63.4. The molecule has 34 heavy (non-hydrogen) atoms. The van der Waals surface area contributed by atoms with Crippen LogP contribution in [-0.2, 0) is 19.1 Å². The molecule has 4 saturated carbocycles. The van der Waals surface area contributed by atoms with Gasteiger partial charge in [0.15, 0.2) is 23.5 Å². The predicted octanol–water partition coefficient (Wildman–Crippen LogP) is 3.50. The lowest BCUT2D eigenvalue weighted by Gasteiger charge is -2.59. The lowest BCUT2D eigenvalue weighted by atomic mass is 9.46. The number of fused-ring (bicyclic) bond motifs is 7. The van der Waals surface area contributed by atoms with Crippen LogP contribution >= 0.6 is 0 Å². The number of allylic oxidation sites excluding steroid dienone is 4. The predicted molar refractivity (Wildman–Crippen MR) is 125 cm³/mol. The fourth-order valence-electron chi connectivity index (χ4n) is 8.19. The van der Waals surface area contributed by atoms with E-state index in [4.69, 9.17) is 23.2 Å². The molecular formula is C28H38O6. The van der Waals surface area contributed by atoms with Gasteiger partial charge in [0.25, 0.3) is 0 Å². The van der Waals surface area contributed by atoms with Crippen molar-refractivity contribution in [3.63, 3.8) is 0 Å². The highest BCUT2D eigenvalue weighted by Gasteiger charge is 2.76. The maximum absolute atomic E-state index is 13.8. The van der Waals surface area contributed by atoms with Gasteiger partial charge in [-0.05, 0) is 62.4 Å². The van der Waals surface area contributed by atoms with Crippen molar-refractivity contribution in [1.82, 2.24) is 0 Å². The number of ether oxygens (including phenoxy) is 2. The molecule has 5 fully saturated rings. The quantitative estimate of drug-likeness (QED) is 0.641. The highest BCUT2D eigenvalue weighted by molar-refractivity contribution is 6.01. The van der Waals surface area contributed by atoms with Crippen molar-refractivity contribution in [2.24, 2.45) is 34.5 Å². The molecule has 6 aliphatic rings. The number of carbonyl (C=O) groups excluding carboxylic acids is 2. The average molecular weight is 482 g/mol. The first-order valence-electron chi connectivity index (χ1n) is 17.5. The molecule has 1 saturated heterocycles. The Bertz CT molecular complexity index is 1380. The molecule has 6 nitrogen and oxygen atoms in total. The van der Waals surface area contributed by atoms with Crippen LogP contribution in [0.1, 0.15) is 86.5 Å². The largest absolute Gasteiger partial charge is 0.393 e. The van der Waals surface area contributed by atoms with Gasteiger partial charge < -0.3 is 19.7 Å². The summed E-state index contributed by atoms with van der Waals surface area (Å²) in [7, 11) is 0. The minimum Gasteiger partial charge on any atom is -0.393 e. The van der Waals surface area contributed by atoms with Gasteiger partial charge in [-0.3, -0.25) is 9.59 Å². The SMILES string of the molecule is [2H]C1([2H])C([2H])([2H])C([2H])([2H])C([2H])(C2O[C@@H]3C[C@H]4[C@@H]5CCC6=CC(=O)C=C[C@]6(C)[C@H]5[C@@H](O)C[C@]4(C)[C@]3(C(=O)CO)O2)C([2H])([2H])C1([2H])[2H]. The first kappa shape index (κ1) is 13.8. The van der Waals surface area contributed by atoms with E-state index in [1.54, 1.807) is 19.1 Å². The van der Waals surface area contributed by atoms with Gasteiger partial charge in [-0.25, -0.2) is 0 Å². The summed E-state index contributed by atoms with van der Waals surface area (Å²) in [6.45, 7) is 2.54. The van der Waals surface area contributed by atoms with Crippen molar-refractivity contribution in [2.45, 2.75) is 95.5 Å². The Morgan fingerprint density at radius 3 is 2.79 bits per heavy atom. The van der Waals surface area contributed by atoms with Gasteiger partial charge in [0.1, 0.15) is 6.61 Å². The maximum atomic E-state index is 13.8. The van der Waals surface area contributed by atoms with Crippen LogP contribution in [0.3, 0.4) is 0 Å². The Labute approximate surface area is 217 Å². The second-order valence-electron chi connectivity index (χ2n) is 10.9. The number of aliphatic hydroxyl groups is 2. The molecule has 0 amide bonds. The van der Waals surface area contributed by atoms with Crippen molar-refractivity contribution in [2.75, 3.05) is 6.61 Å². The third kappa shape index (κ3) is 2.89. The fourth-order valence-corrected chi connectivity index (χ4v) is 8.19. The zero-order valence-electron chi connectivity index (χ0n) is 30.3. The van der Waals surface area contributed by atoms with Gasteiger partial charge in [-0.15, -0.1) is 0 Å². The van der Waals surface area contributed by atoms with E-state index in [0.717, 1.165) is 5.57 Å². The van der Waals surface area contributed by atoms with Crippen LogP contribution in [-0.4, -0.2) is 52.5 Å². The van der Waals surface area contributed by atoms with Crippen LogP contribution in [0.15, 0.2) is 23.8 Å². The van der Waals surface area contributed by atoms with Crippen molar-refractivity contribution in [1.29, 1.82) is 0 Å². The van der Waals surface area contributed by atoms with Crippen LogP contribution in [0.5, 0.6) is 0 Å². The zero-order chi connectivity index (χ0) is 33.8. The minimum atomic E-state index is -3.77. The van der Waals surface area contributed by atoms with Crippen LogP contribution in [0.25, 0.3) is 0 Å². The molecule has 1 aliphatic heterocycles. The second-order valence-corrected chi connectivity index (χ2v) is 10.9. The number of rotatable bonds is 3. The second kappa shape index (κ2) is 7.83. The van der Waals surface area contributed by atoms with Gasteiger partial charge in [-0.2, -0.15) is 0 Å². The highest BCUT2D eigenvalue weighted by atomic mass is 16.7. The molecule has 6 heteroatoms. The first-order chi connectivity index (χ1) is 20.4. The Morgan fingerprint density at radius 2 is 2.06 bits per heavy atom. The molecule has 0 aromatic heterocycles. The molecule has 0 aromatic carbocycles. The first-order valence-corrected chi connectivity index (χ1v) is 12.0. The number of aliphatic hydroxyl groups excluding tert-OH is 2. The summed E-state index contributed by atoms with van der Waals surface area (Å²) in [5.74, 6) is -5.62. The highest BCUT2D eigenvalue weighted by Crippen LogP contribution is 2.70. The molecule has 2 N–H and O–H groups in total. The molecule has 5 aliphatic carbocycles. The molecule has 1 heterocycles. The lowest BCUT2D eigenvalue weighted by molar-refractivity contribution is -0.209. The van der Waals surface area contributed by atoms with E-state index in [2.05, 4.69) is 0 Å². The summed E-state index contributed by atoms with van der Waals surface area (Å²) in [5, 5.41) is 22.0. The summed E-state index contributed by atoms with van der Waals surface area (Å²) in [6.07, 6.45) is -17.6. The van der Waals surface area contributed by atoms with Crippen molar-refractivity contribution < 1.29 is 44.4 Å². The standard InChI is InChI=1S/C28H38O6/c1-26-11-10-18(30)12-17(26)8-9-19-20-13-23-28(22(32)15-29,27(20,2)14-21(31)24(19)26)34-25(33-23)16-6-4-3-5-7-16/h10-12,16,19-21,23-25,29,31H,3-9,13-15H2,1-2H3/t19-,20-,21-,23+,24+,25?,26-,27-,28+/m0/s1/i3D2,4D2,5D2,6D2,7D2,16D. The van der Waals surface area contributed by atoms with E-state index in [1.165, 1.54) is 6.08 Å². The smallest absolute Gasteiger partial charge is 0.193 e. The Kier molecular flexibility index (Phi) is 3.18. The van der Waals surface area contributed by atoms with Gasteiger partial charge in [0.2, 0.25) is 0 Å². The summed E-state index contributed by atoms with van der Waals surface area (Å²) >= 11 is 0. The van der Waals surface area contributed by atoms with Gasteiger partial charge in [-0.1, -0.05) is 44.6 Å². The monoisotopic (exact) mass is 481 g/mol. The molecule has 0 radical (unpaired) electrons. The van der Waals surface area contributed by atoms with Crippen LogP contribution in [0.4, 0.5) is 0 Å². The Morgan fingerprint density at radius 1 is 1.29 bits per heavy atom. The third-order valence-electron chi connectivity index (χ3n) is 9.55. The summed E-state index contributed by atoms with van der Waals surface area (Å²) in [6, 6.07) is 0. The molecule has 1 unspecified atom stereocenters. The minimum absolute atomic E-state index is 0.0626. The maximum Gasteiger partial charge on any atom is 0.193 e.